The van der Waals surface area contributed by atoms with E-state index in [9.17, 15) is 8.42 Å². The van der Waals surface area contributed by atoms with Crippen molar-refractivity contribution in [3.63, 3.8) is 0 Å². The van der Waals surface area contributed by atoms with Crippen LogP contribution >= 0.6 is 0 Å². The Hall–Kier alpha value is -0.130. The summed E-state index contributed by atoms with van der Waals surface area (Å²) >= 11 is 0. The summed E-state index contributed by atoms with van der Waals surface area (Å²) in [5.74, 6) is 1.82. The molecule has 14 heavy (non-hydrogen) atoms. The van der Waals surface area contributed by atoms with Crippen LogP contribution in [-0.2, 0) is 9.84 Å². The fraction of sp³-hybridized carbons (Fsp3) is 1.00. The van der Waals surface area contributed by atoms with Gasteiger partial charge >= 0.3 is 0 Å². The van der Waals surface area contributed by atoms with Gasteiger partial charge in [-0.15, -0.1) is 0 Å². The molecule has 0 saturated carbocycles. The Morgan fingerprint density at radius 3 is 2.36 bits per heavy atom. The number of nitrogens with zero attached hydrogens (tertiary/aromatic N) is 1. The molecule has 0 aromatic carbocycles. The summed E-state index contributed by atoms with van der Waals surface area (Å²) in [7, 11) is -2.79. The summed E-state index contributed by atoms with van der Waals surface area (Å²) < 4.78 is 22.0. The molecule has 0 bridgehead atoms. The van der Waals surface area contributed by atoms with Crippen molar-refractivity contribution in [3.8, 4) is 0 Å². The third-order valence-corrected chi connectivity index (χ3v) is 4.17. The number of rotatable bonds is 3. The lowest BCUT2D eigenvalue weighted by molar-refractivity contribution is 0.331. The Morgan fingerprint density at radius 1 is 1.29 bits per heavy atom. The minimum absolute atomic E-state index is 0.305. The van der Waals surface area contributed by atoms with Gasteiger partial charge in [-0.1, -0.05) is 0 Å². The van der Waals surface area contributed by atoms with Crippen molar-refractivity contribution >= 4 is 9.84 Å². The first-order chi connectivity index (χ1) is 6.54. The lowest BCUT2D eigenvalue weighted by Crippen LogP contribution is -2.30. The topological polar surface area (TPSA) is 49.4 Å². The minimum Gasteiger partial charge on any atom is -0.316 e. The van der Waals surface area contributed by atoms with Crippen LogP contribution in [0.5, 0.6) is 0 Å². The van der Waals surface area contributed by atoms with Crippen molar-refractivity contribution < 1.29 is 8.42 Å². The zero-order valence-electron chi connectivity index (χ0n) is 8.57. The van der Waals surface area contributed by atoms with Gasteiger partial charge in [-0.25, -0.2) is 8.42 Å². The average Bonchev–Trinajstić information content (AvgIpc) is 2.56. The van der Waals surface area contributed by atoms with Gasteiger partial charge in [-0.2, -0.15) is 0 Å². The molecule has 2 unspecified atom stereocenters. The van der Waals surface area contributed by atoms with E-state index in [2.05, 4.69) is 10.2 Å². The maximum atomic E-state index is 11.0. The van der Waals surface area contributed by atoms with Gasteiger partial charge in [-0.05, 0) is 24.9 Å². The van der Waals surface area contributed by atoms with E-state index < -0.39 is 9.84 Å². The van der Waals surface area contributed by atoms with Crippen LogP contribution in [0.4, 0.5) is 0 Å². The molecule has 2 rings (SSSR count). The monoisotopic (exact) mass is 218 g/mol. The van der Waals surface area contributed by atoms with Crippen LogP contribution in [0.15, 0.2) is 0 Å². The van der Waals surface area contributed by atoms with Crippen LogP contribution in [0.2, 0.25) is 0 Å². The van der Waals surface area contributed by atoms with Crippen molar-refractivity contribution in [1.29, 1.82) is 0 Å². The minimum atomic E-state index is -2.79. The molecule has 5 heteroatoms. The largest absolute Gasteiger partial charge is 0.316 e. The van der Waals surface area contributed by atoms with Gasteiger partial charge in [0.2, 0.25) is 0 Å². The van der Waals surface area contributed by atoms with Crippen LogP contribution in [0.1, 0.15) is 0 Å². The molecule has 2 fully saturated rings. The molecule has 1 N–H and O–H groups in total. The van der Waals surface area contributed by atoms with E-state index in [1.54, 1.807) is 0 Å². The van der Waals surface area contributed by atoms with Gasteiger partial charge in [0.05, 0.1) is 5.75 Å². The summed E-state index contributed by atoms with van der Waals surface area (Å²) in [6, 6.07) is 0. The molecule has 0 aromatic rings. The Bertz CT molecular complexity index is 290. The average molecular weight is 218 g/mol. The second kappa shape index (κ2) is 3.79. The fourth-order valence-corrected chi connectivity index (χ4v) is 3.02. The maximum Gasteiger partial charge on any atom is 0.148 e. The van der Waals surface area contributed by atoms with Gasteiger partial charge < -0.3 is 10.2 Å². The maximum absolute atomic E-state index is 11.0. The summed E-state index contributed by atoms with van der Waals surface area (Å²) in [6.07, 6.45) is 1.31. The normalized spacial score (nSPS) is 33.5. The summed E-state index contributed by atoms with van der Waals surface area (Å²) in [5, 5.41) is 3.37. The van der Waals surface area contributed by atoms with Gasteiger partial charge in [0.25, 0.3) is 0 Å². The van der Waals surface area contributed by atoms with Crippen molar-refractivity contribution in [2.24, 2.45) is 11.8 Å². The number of fused-ring (bicyclic) bond motifs is 1. The molecule has 0 aromatic heterocycles. The van der Waals surface area contributed by atoms with Gasteiger partial charge in [0, 0.05) is 25.9 Å². The first kappa shape index (κ1) is 10.4. The summed E-state index contributed by atoms with van der Waals surface area (Å²) in [5.41, 5.74) is 0. The molecule has 0 spiro atoms. The number of likely N-dealkylation sites (tertiary alicyclic amines) is 1. The van der Waals surface area contributed by atoms with Crippen molar-refractivity contribution in [1.82, 2.24) is 10.2 Å². The van der Waals surface area contributed by atoms with Gasteiger partial charge in [0.1, 0.15) is 9.84 Å². The van der Waals surface area contributed by atoms with E-state index in [1.165, 1.54) is 6.26 Å². The second-order valence-electron chi connectivity index (χ2n) is 4.57. The standard InChI is InChI=1S/C9H18N2O2S/c1-14(12,13)3-2-11-6-8-4-10-5-9(8)7-11/h8-10H,2-7H2,1H3. The fourth-order valence-electron chi connectivity index (χ4n) is 2.43. The first-order valence-electron chi connectivity index (χ1n) is 5.15. The molecule has 0 aliphatic carbocycles. The third kappa shape index (κ3) is 2.46. The molecule has 2 aliphatic rings. The number of hydrogen-bond acceptors (Lipinski definition) is 4. The Morgan fingerprint density at radius 2 is 1.86 bits per heavy atom. The smallest absolute Gasteiger partial charge is 0.148 e. The lowest BCUT2D eigenvalue weighted by atomic mass is 10.0. The second-order valence-corrected chi connectivity index (χ2v) is 6.83. The number of nitrogens with one attached hydrogen (secondary N) is 1. The van der Waals surface area contributed by atoms with Crippen LogP contribution in [-0.4, -0.2) is 58.1 Å². The van der Waals surface area contributed by atoms with Crippen molar-refractivity contribution in [2.45, 2.75) is 0 Å². The third-order valence-electron chi connectivity index (χ3n) is 3.24. The van der Waals surface area contributed by atoms with Crippen molar-refractivity contribution in [3.05, 3.63) is 0 Å². The lowest BCUT2D eigenvalue weighted by Gasteiger charge is -2.15. The zero-order chi connectivity index (χ0) is 10.2. The highest BCUT2D eigenvalue weighted by Gasteiger charge is 2.35. The predicted octanol–water partition coefficient (Wildman–Crippen LogP) is -0.818. The molecule has 82 valence electrons. The predicted molar refractivity (Wildman–Crippen MR) is 56.0 cm³/mol. The van der Waals surface area contributed by atoms with E-state index in [0.29, 0.717) is 12.3 Å². The van der Waals surface area contributed by atoms with Crippen LogP contribution < -0.4 is 5.32 Å². The van der Waals surface area contributed by atoms with Crippen LogP contribution in [0.3, 0.4) is 0 Å². The Balaban J connectivity index is 1.80. The van der Waals surface area contributed by atoms with Gasteiger partial charge in [-0.3, -0.25) is 0 Å². The van der Waals surface area contributed by atoms with Crippen LogP contribution in [0, 0.1) is 11.8 Å². The first-order valence-corrected chi connectivity index (χ1v) is 7.21. The molecule has 2 aliphatic heterocycles. The summed E-state index contributed by atoms with van der Waals surface area (Å²) in [4.78, 5) is 2.29. The van der Waals surface area contributed by atoms with E-state index >= 15 is 0 Å². The van der Waals surface area contributed by atoms with Crippen molar-refractivity contribution in [2.75, 3.05) is 44.7 Å². The molecule has 0 amide bonds. The number of hydrogen-bond donors (Lipinski definition) is 1. The zero-order valence-corrected chi connectivity index (χ0v) is 9.39. The molecule has 2 atom stereocenters. The molecule has 4 nitrogen and oxygen atoms in total. The number of sulfone groups is 1. The summed E-state index contributed by atoms with van der Waals surface area (Å²) in [6.45, 7) is 5.09. The molecular weight excluding hydrogens is 200 g/mol. The van der Waals surface area contributed by atoms with Crippen LogP contribution in [0.25, 0.3) is 0 Å². The van der Waals surface area contributed by atoms with Gasteiger partial charge in [0.15, 0.2) is 0 Å². The van der Waals surface area contributed by atoms with E-state index in [0.717, 1.165) is 38.0 Å². The highest BCUT2D eigenvalue weighted by atomic mass is 32.2. The molecule has 2 heterocycles. The highest BCUT2D eigenvalue weighted by molar-refractivity contribution is 7.90. The highest BCUT2D eigenvalue weighted by Crippen LogP contribution is 2.25. The quantitative estimate of drug-likeness (QED) is 0.672. The van der Waals surface area contributed by atoms with E-state index in [4.69, 9.17) is 0 Å². The van der Waals surface area contributed by atoms with E-state index in [1.807, 2.05) is 0 Å². The molecule has 2 saturated heterocycles. The molecule has 0 radical (unpaired) electrons. The SMILES string of the molecule is CS(=O)(=O)CCN1CC2CNCC2C1. The molecular formula is C9H18N2O2S. The Labute approximate surface area is 85.6 Å². The Kier molecular flexibility index (Phi) is 2.81. The van der Waals surface area contributed by atoms with E-state index in [-0.39, 0.29) is 0 Å².